The molecule has 0 fully saturated rings. The van der Waals surface area contributed by atoms with Gasteiger partial charge in [0.05, 0.1) is 12.2 Å². The molecule has 0 atom stereocenters. The Morgan fingerprint density at radius 1 is 1.03 bits per heavy atom. The molecule has 4 heteroatoms. The highest BCUT2D eigenvalue weighted by Gasteiger charge is 2.38. The first-order valence-corrected chi connectivity index (χ1v) is 11.5. The lowest BCUT2D eigenvalue weighted by atomic mass is 9.63. The van der Waals surface area contributed by atoms with Gasteiger partial charge in [0.25, 0.3) is 0 Å². The number of fused-ring (bicyclic) bond motifs is 2. The first kappa shape index (κ1) is 20.9. The summed E-state index contributed by atoms with van der Waals surface area (Å²) in [6.45, 7) is 12.1. The molecular formula is C26H30O3S. The zero-order chi connectivity index (χ0) is 21.7. The van der Waals surface area contributed by atoms with E-state index >= 15 is 0 Å². The van der Waals surface area contributed by atoms with Crippen molar-refractivity contribution < 1.29 is 14.6 Å². The van der Waals surface area contributed by atoms with E-state index in [1.54, 1.807) is 23.5 Å². The molecule has 0 spiro atoms. The van der Waals surface area contributed by atoms with Crippen LogP contribution in [0, 0.1) is 0 Å². The molecule has 1 heterocycles. The van der Waals surface area contributed by atoms with E-state index in [-0.39, 0.29) is 10.8 Å². The second-order valence-corrected chi connectivity index (χ2v) is 10.8. The molecule has 4 rings (SSSR count). The normalized spacial score (nSPS) is 17.0. The summed E-state index contributed by atoms with van der Waals surface area (Å²) >= 11 is 1.70. The van der Waals surface area contributed by atoms with Crippen LogP contribution in [0.25, 0.3) is 20.5 Å². The summed E-state index contributed by atoms with van der Waals surface area (Å²) in [4.78, 5) is 12.5. The Morgan fingerprint density at radius 3 is 2.33 bits per heavy atom. The molecule has 0 saturated heterocycles. The molecule has 0 amide bonds. The van der Waals surface area contributed by atoms with Gasteiger partial charge in [-0.25, -0.2) is 4.79 Å². The molecule has 0 aliphatic heterocycles. The average Bonchev–Trinajstić information content (AvgIpc) is 3.12. The highest BCUT2D eigenvalue weighted by molar-refractivity contribution is 7.22. The Labute approximate surface area is 182 Å². The van der Waals surface area contributed by atoms with Crippen molar-refractivity contribution in [1.29, 1.82) is 0 Å². The number of hydrogen-bond donors (Lipinski definition) is 1. The van der Waals surface area contributed by atoms with Crippen LogP contribution in [0.5, 0.6) is 5.75 Å². The maximum Gasteiger partial charge on any atom is 0.335 e. The first-order valence-electron chi connectivity index (χ1n) is 10.7. The van der Waals surface area contributed by atoms with Crippen molar-refractivity contribution in [2.75, 3.05) is 6.61 Å². The number of aromatic carboxylic acids is 1. The number of carboxylic acid groups (broad SMARTS) is 1. The minimum absolute atomic E-state index is 0.121. The van der Waals surface area contributed by atoms with Crippen molar-refractivity contribution in [3.8, 4) is 16.2 Å². The molecule has 0 saturated carbocycles. The number of ether oxygens (including phenoxy) is 1. The third kappa shape index (κ3) is 3.62. The topological polar surface area (TPSA) is 46.5 Å². The van der Waals surface area contributed by atoms with Crippen LogP contribution in [0.4, 0.5) is 0 Å². The van der Waals surface area contributed by atoms with Crippen LogP contribution in [0.3, 0.4) is 0 Å². The van der Waals surface area contributed by atoms with E-state index in [1.807, 2.05) is 6.07 Å². The Bertz CT molecular complexity index is 1120. The minimum atomic E-state index is -0.894. The second kappa shape index (κ2) is 7.42. The van der Waals surface area contributed by atoms with E-state index in [1.165, 1.54) is 17.5 Å². The molecule has 0 bridgehead atoms. The number of hydrogen-bond acceptors (Lipinski definition) is 3. The van der Waals surface area contributed by atoms with Gasteiger partial charge in [-0.1, -0.05) is 34.6 Å². The van der Waals surface area contributed by atoms with Gasteiger partial charge in [-0.15, -0.1) is 11.3 Å². The zero-order valence-corrected chi connectivity index (χ0v) is 19.3. The lowest BCUT2D eigenvalue weighted by Crippen LogP contribution is -2.33. The predicted molar refractivity (Wildman–Crippen MR) is 125 cm³/mol. The molecule has 2 aromatic carbocycles. The molecule has 3 nitrogen and oxygen atoms in total. The van der Waals surface area contributed by atoms with Crippen molar-refractivity contribution >= 4 is 27.4 Å². The van der Waals surface area contributed by atoms with Crippen molar-refractivity contribution in [2.24, 2.45) is 0 Å². The van der Waals surface area contributed by atoms with Crippen molar-refractivity contribution in [3.05, 3.63) is 53.1 Å². The SMILES string of the molecule is CCCOc1cc2c(cc1-c1cc3cc(C(=O)O)ccc3s1)C(C)(C)CCC2(C)C. The third-order valence-electron chi connectivity index (χ3n) is 6.44. The Balaban J connectivity index is 1.92. The monoisotopic (exact) mass is 422 g/mol. The van der Waals surface area contributed by atoms with Crippen LogP contribution in [0.1, 0.15) is 75.4 Å². The fourth-order valence-electron chi connectivity index (χ4n) is 4.43. The van der Waals surface area contributed by atoms with Crippen LogP contribution < -0.4 is 4.74 Å². The number of benzene rings is 2. The van der Waals surface area contributed by atoms with Crippen LogP contribution in [0.2, 0.25) is 0 Å². The summed E-state index contributed by atoms with van der Waals surface area (Å²) in [5.41, 5.74) is 4.48. The summed E-state index contributed by atoms with van der Waals surface area (Å²) in [6.07, 6.45) is 3.29. The van der Waals surface area contributed by atoms with Crippen molar-refractivity contribution in [2.45, 2.75) is 64.7 Å². The smallest absolute Gasteiger partial charge is 0.335 e. The van der Waals surface area contributed by atoms with Gasteiger partial charge in [0.1, 0.15) is 5.75 Å². The molecule has 1 aliphatic rings. The van der Waals surface area contributed by atoms with Crippen molar-refractivity contribution in [3.63, 3.8) is 0 Å². The summed E-state index contributed by atoms with van der Waals surface area (Å²) in [7, 11) is 0. The lowest BCUT2D eigenvalue weighted by molar-refractivity contribution is 0.0697. The van der Waals surface area contributed by atoms with Gasteiger partial charge >= 0.3 is 5.97 Å². The first-order chi connectivity index (χ1) is 14.1. The molecular weight excluding hydrogens is 392 g/mol. The standard InChI is InChI=1S/C26H30O3S/c1-6-11-29-21-15-20-19(25(2,3)9-10-26(20,4)5)14-18(21)23-13-17-12-16(24(27)28)7-8-22(17)30-23/h7-8,12-15H,6,9-11H2,1-5H3,(H,27,28). The van der Waals surface area contributed by atoms with Gasteiger partial charge in [-0.2, -0.15) is 0 Å². The number of carboxylic acids is 1. The van der Waals surface area contributed by atoms with E-state index in [0.717, 1.165) is 39.1 Å². The van der Waals surface area contributed by atoms with E-state index in [2.05, 4.69) is 52.8 Å². The van der Waals surface area contributed by atoms with Crippen molar-refractivity contribution in [1.82, 2.24) is 0 Å². The molecule has 1 aromatic heterocycles. The predicted octanol–water partition coefficient (Wildman–Crippen LogP) is 7.40. The quantitative estimate of drug-likeness (QED) is 0.466. The van der Waals surface area contributed by atoms with E-state index in [9.17, 15) is 9.90 Å². The summed E-state index contributed by atoms with van der Waals surface area (Å²) in [5, 5.41) is 10.3. The molecule has 0 radical (unpaired) electrons. The third-order valence-corrected chi connectivity index (χ3v) is 7.59. The fraction of sp³-hybridized carbons (Fsp3) is 0.423. The number of rotatable bonds is 5. The minimum Gasteiger partial charge on any atom is -0.493 e. The van der Waals surface area contributed by atoms with Crippen LogP contribution in [-0.2, 0) is 10.8 Å². The second-order valence-electron chi connectivity index (χ2n) is 9.68. The maximum atomic E-state index is 11.4. The zero-order valence-electron chi connectivity index (χ0n) is 18.5. The van der Waals surface area contributed by atoms with Gasteiger partial charge in [-0.05, 0) is 83.0 Å². The molecule has 30 heavy (non-hydrogen) atoms. The van der Waals surface area contributed by atoms with E-state index in [0.29, 0.717) is 12.2 Å². The summed E-state index contributed by atoms with van der Waals surface area (Å²) < 4.78 is 7.33. The Morgan fingerprint density at radius 2 is 1.70 bits per heavy atom. The van der Waals surface area contributed by atoms with Gasteiger partial charge < -0.3 is 9.84 Å². The summed E-state index contributed by atoms with van der Waals surface area (Å²) in [5.74, 6) is 0.0424. The average molecular weight is 423 g/mol. The molecule has 0 unspecified atom stereocenters. The molecule has 158 valence electrons. The molecule has 3 aromatic rings. The largest absolute Gasteiger partial charge is 0.493 e. The highest BCUT2D eigenvalue weighted by atomic mass is 32.1. The van der Waals surface area contributed by atoms with Gasteiger partial charge in [-0.3, -0.25) is 0 Å². The lowest BCUT2D eigenvalue weighted by Gasteiger charge is -2.42. The van der Waals surface area contributed by atoms with Gasteiger partial charge in [0.2, 0.25) is 0 Å². The number of carbonyl (C=O) groups is 1. The Kier molecular flexibility index (Phi) is 5.17. The van der Waals surface area contributed by atoms with Crippen LogP contribution in [-0.4, -0.2) is 17.7 Å². The van der Waals surface area contributed by atoms with Crippen LogP contribution >= 0.6 is 11.3 Å². The van der Waals surface area contributed by atoms with E-state index in [4.69, 9.17) is 4.74 Å². The highest BCUT2D eigenvalue weighted by Crippen LogP contribution is 2.50. The number of thiophene rings is 1. The summed E-state index contributed by atoms with van der Waals surface area (Å²) in [6, 6.07) is 12.1. The molecule has 1 aliphatic carbocycles. The van der Waals surface area contributed by atoms with Crippen LogP contribution in [0.15, 0.2) is 36.4 Å². The van der Waals surface area contributed by atoms with Gasteiger partial charge in [0.15, 0.2) is 0 Å². The molecule has 1 N–H and O–H groups in total. The van der Waals surface area contributed by atoms with Gasteiger partial charge in [0, 0.05) is 15.1 Å². The fourth-order valence-corrected chi connectivity index (χ4v) is 5.49. The maximum absolute atomic E-state index is 11.4. The Hall–Kier alpha value is -2.33. The van der Waals surface area contributed by atoms with E-state index < -0.39 is 5.97 Å².